The van der Waals surface area contributed by atoms with Gasteiger partial charge >= 0.3 is 0 Å². The van der Waals surface area contributed by atoms with Crippen molar-refractivity contribution in [2.45, 2.75) is 6.42 Å². The monoisotopic (exact) mass is 360 g/mol. The second-order valence-electron chi connectivity index (χ2n) is 5.78. The highest BCUT2D eigenvalue weighted by Crippen LogP contribution is 2.28. The summed E-state index contributed by atoms with van der Waals surface area (Å²) in [6, 6.07) is 19.7. The summed E-state index contributed by atoms with van der Waals surface area (Å²) in [6.07, 6.45) is 3.84. The van der Waals surface area contributed by atoms with Crippen LogP contribution < -0.4 is 10.9 Å². The Labute approximate surface area is 154 Å². The lowest BCUT2D eigenvalue weighted by Crippen LogP contribution is -2.30. The van der Waals surface area contributed by atoms with Crippen molar-refractivity contribution in [2.24, 2.45) is 0 Å². The van der Waals surface area contributed by atoms with Gasteiger partial charge in [-0.15, -0.1) is 0 Å². The maximum Gasteiger partial charge on any atom is 0.242 e. The number of aromatic nitrogens is 2. The van der Waals surface area contributed by atoms with Crippen molar-refractivity contribution >= 4 is 33.3 Å². The number of nitrogens with zero attached hydrogens (tertiary/aromatic N) is 2. The highest BCUT2D eigenvalue weighted by Gasteiger charge is 2.07. The number of benzene rings is 2. The van der Waals surface area contributed by atoms with Gasteiger partial charge in [-0.1, -0.05) is 53.8 Å². The summed E-state index contributed by atoms with van der Waals surface area (Å²) in [6.45, 7) is 0. The van der Waals surface area contributed by atoms with Gasteiger partial charge in [-0.05, 0) is 29.3 Å². The van der Waals surface area contributed by atoms with Crippen LogP contribution in [0.2, 0.25) is 0 Å². The van der Waals surface area contributed by atoms with Gasteiger partial charge in [0.1, 0.15) is 0 Å². The average Bonchev–Trinajstić information content (AvgIpc) is 3.16. The van der Waals surface area contributed by atoms with Crippen LogP contribution in [-0.2, 0) is 11.2 Å². The molecule has 4 rings (SSSR count). The number of anilines is 1. The molecule has 0 atom stereocenters. The predicted octanol–water partition coefficient (Wildman–Crippen LogP) is 4.04. The molecule has 0 aliphatic heterocycles. The first kappa shape index (κ1) is 16.2. The number of thiazole rings is 1. The van der Waals surface area contributed by atoms with Crippen molar-refractivity contribution < 1.29 is 4.79 Å². The quantitative estimate of drug-likeness (QED) is 0.527. The van der Waals surface area contributed by atoms with E-state index in [4.69, 9.17) is 0 Å². The van der Waals surface area contributed by atoms with Gasteiger partial charge in [0, 0.05) is 17.8 Å². The zero-order chi connectivity index (χ0) is 17.8. The number of carbonyl (C=O) groups is 1. The third kappa shape index (κ3) is 3.70. The van der Waals surface area contributed by atoms with E-state index in [9.17, 15) is 4.79 Å². The minimum Gasteiger partial charge on any atom is -0.273 e. The van der Waals surface area contributed by atoms with Crippen LogP contribution in [0.5, 0.6) is 0 Å². The molecule has 0 radical (unpaired) electrons. The fourth-order valence-corrected chi connectivity index (χ4v) is 3.43. The molecule has 2 N–H and O–H groups in total. The first-order valence-corrected chi connectivity index (χ1v) is 8.99. The van der Waals surface area contributed by atoms with Crippen molar-refractivity contribution in [3.8, 4) is 10.4 Å². The van der Waals surface area contributed by atoms with Crippen LogP contribution in [0, 0.1) is 0 Å². The van der Waals surface area contributed by atoms with Crippen LogP contribution in [-0.4, -0.2) is 15.9 Å². The SMILES string of the molecule is O=C(Cc1ccc2ncccc2c1)NNc1ncc(-c2ccccc2)s1. The predicted molar refractivity (Wildman–Crippen MR) is 105 cm³/mol. The summed E-state index contributed by atoms with van der Waals surface area (Å²) < 4.78 is 0. The lowest BCUT2D eigenvalue weighted by Gasteiger charge is -2.06. The summed E-state index contributed by atoms with van der Waals surface area (Å²) in [5.41, 5.74) is 8.56. The third-order valence-corrected chi connectivity index (χ3v) is 4.87. The summed E-state index contributed by atoms with van der Waals surface area (Å²) in [4.78, 5) is 21.8. The van der Waals surface area contributed by atoms with Crippen LogP contribution in [0.25, 0.3) is 21.3 Å². The summed E-state index contributed by atoms with van der Waals surface area (Å²) in [5, 5.41) is 1.68. The first-order chi connectivity index (χ1) is 12.8. The largest absolute Gasteiger partial charge is 0.273 e. The van der Waals surface area contributed by atoms with E-state index in [0.717, 1.165) is 26.9 Å². The minimum absolute atomic E-state index is 0.121. The second-order valence-corrected chi connectivity index (χ2v) is 6.81. The van der Waals surface area contributed by atoms with E-state index >= 15 is 0 Å². The Morgan fingerprint density at radius 3 is 2.77 bits per heavy atom. The zero-order valence-corrected chi connectivity index (χ0v) is 14.7. The molecule has 2 aromatic carbocycles. The smallest absolute Gasteiger partial charge is 0.242 e. The topological polar surface area (TPSA) is 66.9 Å². The van der Waals surface area contributed by atoms with E-state index < -0.39 is 0 Å². The van der Waals surface area contributed by atoms with E-state index in [-0.39, 0.29) is 12.3 Å². The van der Waals surface area contributed by atoms with Crippen molar-refractivity contribution in [3.05, 3.63) is 78.6 Å². The van der Waals surface area contributed by atoms with E-state index in [1.165, 1.54) is 11.3 Å². The molecule has 0 saturated heterocycles. The van der Waals surface area contributed by atoms with Gasteiger partial charge in [0.15, 0.2) is 0 Å². The van der Waals surface area contributed by atoms with Crippen molar-refractivity contribution in [2.75, 3.05) is 5.43 Å². The van der Waals surface area contributed by atoms with Gasteiger partial charge in [-0.2, -0.15) is 0 Å². The number of pyridine rings is 1. The molecule has 4 aromatic rings. The molecule has 0 bridgehead atoms. The number of amides is 1. The highest BCUT2D eigenvalue weighted by molar-refractivity contribution is 7.18. The molecule has 26 heavy (non-hydrogen) atoms. The third-order valence-electron chi connectivity index (χ3n) is 3.90. The molecule has 1 amide bonds. The number of rotatable bonds is 5. The second kappa shape index (κ2) is 7.33. The molecule has 5 nitrogen and oxygen atoms in total. The van der Waals surface area contributed by atoms with Gasteiger partial charge < -0.3 is 0 Å². The van der Waals surface area contributed by atoms with Gasteiger partial charge in [-0.3, -0.25) is 20.6 Å². The standard InChI is InChI=1S/C20H16N4OS/c25-19(12-14-8-9-17-16(11-14)7-4-10-21-17)23-24-20-22-13-18(26-20)15-5-2-1-3-6-15/h1-11,13H,12H2,(H,22,24)(H,23,25). The average molecular weight is 360 g/mol. The van der Waals surface area contributed by atoms with Crippen molar-refractivity contribution in [1.82, 2.24) is 15.4 Å². The number of fused-ring (bicyclic) bond motifs is 1. The Morgan fingerprint density at radius 1 is 1.00 bits per heavy atom. The normalized spacial score (nSPS) is 10.6. The van der Waals surface area contributed by atoms with Crippen molar-refractivity contribution in [3.63, 3.8) is 0 Å². The van der Waals surface area contributed by atoms with Crippen molar-refractivity contribution in [1.29, 1.82) is 0 Å². The lowest BCUT2D eigenvalue weighted by atomic mass is 10.1. The molecule has 0 unspecified atom stereocenters. The highest BCUT2D eigenvalue weighted by atomic mass is 32.1. The lowest BCUT2D eigenvalue weighted by molar-refractivity contribution is -0.119. The molecule has 6 heteroatoms. The maximum absolute atomic E-state index is 12.2. The molecule has 2 heterocycles. The molecule has 0 aliphatic rings. The summed E-state index contributed by atoms with van der Waals surface area (Å²) in [5.74, 6) is -0.121. The molecule has 0 spiro atoms. The molecule has 2 aromatic heterocycles. The molecule has 0 saturated carbocycles. The van der Waals surface area contributed by atoms with Gasteiger partial charge in [-0.25, -0.2) is 4.98 Å². The molecular weight excluding hydrogens is 344 g/mol. The Hall–Kier alpha value is -3.25. The van der Waals surface area contributed by atoms with Crippen LogP contribution in [0.15, 0.2) is 73.1 Å². The van der Waals surface area contributed by atoms with Gasteiger partial charge in [0.2, 0.25) is 11.0 Å². The molecule has 128 valence electrons. The van der Waals surface area contributed by atoms with Crippen LogP contribution in [0.4, 0.5) is 5.13 Å². The molecular formula is C20H16N4OS. The van der Waals surface area contributed by atoms with E-state index in [0.29, 0.717) is 5.13 Å². The first-order valence-electron chi connectivity index (χ1n) is 8.18. The van der Waals surface area contributed by atoms with Crippen LogP contribution >= 0.6 is 11.3 Å². The number of hydrazine groups is 1. The van der Waals surface area contributed by atoms with E-state index in [2.05, 4.69) is 20.8 Å². The van der Waals surface area contributed by atoms with Gasteiger partial charge in [0.25, 0.3) is 0 Å². The summed E-state index contributed by atoms with van der Waals surface area (Å²) in [7, 11) is 0. The Balaban J connectivity index is 1.37. The van der Waals surface area contributed by atoms with Crippen LogP contribution in [0.3, 0.4) is 0 Å². The molecule has 0 aliphatic carbocycles. The van der Waals surface area contributed by atoms with Gasteiger partial charge in [0.05, 0.1) is 16.8 Å². The fourth-order valence-electron chi connectivity index (χ4n) is 2.66. The number of nitrogens with one attached hydrogen (secondary N) is 2. The van der Waals surface area contributed by atoms with E-state index in [1.54, 1.807) is 12.4 Å². The Morgan fingerprint density at radius 2 is 1.88 bits per heavy atom. The number of hydrogen-bond acceptors (Lipinski definition) is 5. The molecule has 0 fully saturated rings. The number of hydrogen-bond donors (Lipinski definition) is 2. The van der Waals surface area contributed by atoms with Crippen LogP contribution in [0.1, 0.15) is 5.56 Å². The van der Waals surface area contributed by atoms with E-state index in [1.807, 2.05) is 60.7 Å². The Bertz CT molecular complexity index is 1050. The number of carbonyl (C=O) groups excluding carboxylic acids is 1. The zero-order valence-electron chi connectivity index (χ0n) is 13.8. The Kier molecular flexibility index (Phi) is 4.57. The summed E-state index contributed by atoms with van der Waals surface area (Å²) >= 11 is 1.49. The minimum atomic E-state index is -0.121. The fraction of sp³-hybridized carbons (Fsp3) is 0.0500. The maximum atomic E-state index is 12.2.